The molecule has 19 heavy (non-hydrogen) atoms. The molecule has 0 fully saturated rings. The van der Waals surface area contributed by atoms with Crippen LogP contribution in [0.4, 0.5) is 13.2 Å². The van der Waals surface area contributed by atoms with Crippen molar-refractivity contribution in [3.63, 3.8) is 0 Å². The van der Waals surface area contributed by atoms with Gasteiger partial charge < -0.3 is 4.57 Å². The lowest BCUT2D eigenvalue weighted by Gasteiger charge is -2.17. The SMILES string of the molecule is Cn1ccnc1C(NOCC(F)(F)F)c1cccs1. The summed E-state index contributed by atoms with van der Waals surface area (Å²) in [5, 5.41) is 1.84. The molecule has 1 atom stereocenters. The fourth-order valence-corrected chi connectivity index (χ4v) is 2.32. The minimum atomic E-state index is -4.37. The summed E-state index contributed by atoms with van der Waals surface area (Å²) in [6.07, 6.45) is -1.06. The molecule has 0 aliphatic heterocycles. The van der Waals surface area contributed by atoms with Crippen molar-refractivity contribution >= 4 is 11.3 Å². The minimum Gasteiger partial charge on any atom is -0.336 e. The normalized spacial score (nSPS) is 13.7. The lowest BCUT2D eigenvalue weighted by Crippen LogP contribution is -2.29. The van der Waals surface area contributed by atoms with Gasteiger partial charge in [-0.3, -0.25) is 4.84 Å². The fraction of sp³-hybridized carbons (Fsp3) is 0.364. The summed E-state index contributed by atoms with van der Waals surface area (Å²) < 4.78 is 38.0. The predicted octanol–water partition coefficient (Wildman–Crippen LogP) is 2.65. The first-order chi connectivity index (χ1) is 8.97. The van der Waals surface area contributed by atoms with Gasteiger partial charge >= 0.3 is 6.18 Å². The number of aryl methyl sites for hydroxylation is 1. The molecule has 0 aliphatic rings. The van der Waals surface area contributed by atoms with Crippen molar-refractivity contribution in [2.24, 2.45) is 7.05 Å². The van der Waals surface area contributed by atoms with Gasteiger partial charge in [0, 0.05) is 24.3 Å². The monoisotopic (exact) mass is 291 g/mol. The van der Waals surface area contributed by atoms with Crippen LogP contribution < -0.4 is 5.48 Å². The molecule has 0 spiro atoms. The number of nitrogens with zero attached hydrogens (tertiary/aromatic N) is 2. The first-order valence-corrected chi connectivity index (χ1v) is 6.30. The van der Waals surface area contributed by atoms with E-state index >= 15 is 0 Å². The molecule has 2 rings (SSSR count). The van der Waals surface area contributed by atoms with Gasteiger partial charge in [-0.25, -0.2) is 4.98 Å². The van der Waals surface area contributed by atoms with E-state index in [1.165, 1.54) is 11.3 Å². The van der Waals surface area contributed by atoms with E-state index in [1.807, 2.05) is 17.5 Å². The minimum absolute atomic E-state index is 0.526. The molecule has 0 aliphatic carbocycles. The molecule has 8 heteroatoms. The Morgan fingerprint density at radius 1 is 1.53 bits per heavy atom. The first kappa shape index (κ1) is 14.0. The molecule has 1 N–H and O–H groups in total. The van der Waals surface area contributed by atoms with Gasteiger partial charge in [0.05, 0.1) is 0 Å². The summed E-state index contributed by atoms with van der Waals surface area (Å²) in [5.74, 6) is 0.588. The molecule has 2 heterocycles. The van der Waals surface area contributed by atoms with Gasteiger partial charge in [-0.15, -0.1) is 11.3 Å². The topological polar surface area (TPSA) is 39.1 Å². The predicted molar refractivity (Wildman–Crippen MR) is 64.5 cm³/mol. The van der Waals surface area contributed by atoms with Gasteiger partial charge in [0.15, 0.2) is 6.61 Å². The zero-order valence-corrected chi connectivity index (χ0v) is 10.8. The van der Waals surface area contributed by atoms with Crippen LogP contribution in [0, 0.1) is 0 Å². The standard InChI is InChI=1S/C11H12F3N3OS/c1-17-5-4-15-10(17)9(8-3-2-6-19-8)16-18-7-11(12,13)14/h2-6,9,16H,7H2,1H3. The van der Waals surface area contributed by atoms with E-state index in [-0.39, 0.29) is 0 Å². The lowest BCUT2D eigenvalue weighted by atomic mass is 10.2. The fourth-order valence-electron chi connectivity index (χ4n) is 1.56. The Morgan fingerprint density at radius 3 is 2.84 bits per heavy atom. The maximum atomic E-state index is 12.1. The molecule has 2 aromatic rings. The van der Waals surface area contributed by atoms with Crippen LogP contribution in [0.1, 0.15) is 16.7 Å². The van der Waals surface area contributed by atoms with Crippen molar-refractivity contribution in [3.8, 4) is 0 Å². The Balaban J connectivity index is 2.11. The Bertz CT molecular complexity index is 509. The number of thiophene rings is 1. The molecule has 0 saturated heterocycles. The molecule has 2 aromatic heterocycles. The zero-order chi connectivity index (χ0) is 13.9. The Morgan fingerprint density at radius 2 is 2.32 bits per heavy atom. The van der Waals surface area contributed by atoms with Crippen LogP contribution in [0.25, 0.3) is 0 Å². The first-order valence-electron chi connectivity index (χ1n) is 5.42. The second-order valence-electron chi connectivity index (χ2n) is 3.87. The van der Waals surface area contributed by atoms with Crippen LogP contribution in [0.15, 0.2) is 29.9 Å². The van der Waals surface area contributed by atoms with Crippen molar-refractivity contribution in [3.05, 3.63) is 40.6 Å². The second kappa shape index (κ2) is 5.72. The molecule has 0 saturated carbocycles. The van der Waals surface area contributed by atoms with Crippen molar-refractivity contribution in [1.82, 2.24) is 15.0 Å². The van der Waals surface area contributed by atoms with E-state index in [0.717, 1.165) is 4.88 Å². The van der Waals surface area contributed by atoms with E-state index in [4.69, 9.17) is 0 Å². The quantitative estimate of drug-likeness (QED) is 0.861. The highest BCUT2D eigenvalue weighted by molar-refractivity contribution is 7.10. The highest BCUT2D eigenvalue weighted by Crippen LogP contribution is 2.25. The Kier molecular flexibility index (Phi) is 4.23. The average Bonchev–Trinajstić information content (AvgIpc) is 2.94. The van der Waals surface area contributed by atoms with Crippen molar-refractivity contribution < 1.29 is 18.0 Å². The number of alkyl halides is 3. The lowest BCUT2D eigenvalue weighted by molar-refractivity contribution is -0.192. The average molecular weight is 291 g/mol. The molecule has 0 radical (unpaired) electrons. The molecule has 1 unspecified atom stereocenters. The summed E-state index contributed by atoms with van der Waals surface area (Å²) in [6.45, 7) is -1.35. The smallest absolute Gasteiger partial charge is 0.336 e. The third-order valence-corrected chi connectivity index (χ3v) is 3.32. The van der Waals surface area contributed by atoms with E-state index in [9.17, 15) is 13.2 Å². The Labute approximate surface area is 111 Å². The van der Waals surface area contributed by atoms with Crippen LogP contribution in [0.3, 0.4) is 0 Å². The van der Waals surface area contributed by atoms with Crippen molar-refractivity contribution in [2.75, 3.05) is 6.61 Å². The number of hydrogen-bond acceptors (Lipinski definition) is 4. The molecule has 0 bridgehead atoms. The van der Waals surface area contributed by atoms with E-state index < -0.39 is 18.8 Å². The second-order valence-corrected chi connectivity index (χ2v) is 4.85. The zero-order valence-electron chi connectivity index (χ0n) is 10.0. The van der Waals surface area contributed by atoms with Gasteiger partial charge in [0.1, 0.15) is 11.9 Å². The van der Waals surface area contributed by atoms with Crippen LogP contribution in [-0.4, -0.2) is 22.3 Å². The van der Waals surface area contributed by atoms with Gasteiger partial charge in [0.25, 0.3) is 0 Å². The number of aromatic nitrogens is 2. The summed E-state index contributed by atoms with van der Waals surface area (Å²) in [5.41, 5.74) is 2.43. The molecule has 0 amide bonds. The molecular formula is C11H12F3N3OS. The number of rotatable bonds is 5. The number of halogens is 3. The summed E-state index contributed by atoms with van der Waals surface area (Å²) in [4.78, 5) is 9.50. The summed E-state index contributed by atoms with van der Waals surface area (Å²) in [6, 6.07) is 3.11. The van der Waals surface area contributed by atoms with Crippen LogP contribution in [-0.2, 0) is 11.9 Å². The highest BCUT2D eigenvalue weighted by atomic mass is 32.1. The third kappa shape index (κ3) is 3.79. The molecule has 4 nitrogen and oxygen atoms in total. The molecule has 0 aromatic carbocycles. The maximum Gasteiger partial charge on any atom is 0.413 e. The van der Waals surface area contributed by atoms with E-state index in [0.29, 0.717) is 5.82 Å². The van der Waals surface area contributed by atoms with Crippen molar-refractivity contribution in [1.29, 1.82) is 0 Å². The van der Waals surface area contributed by atoms with Gasteiger partial charge in [0.2, 0.25) is 0 Å². The van der Waals surface area contributed by atoms with Gasteiger partial charge in [-0.05, 0) is 11.4 Å². The number of nitrogens with one attached hydrogen (secondary N) is 1. The highest BCUT2D eigenvalue weighted by Gasteiger charge is 2.29. The van der Waals surface area contributed by atoms with Gasteiger partial charge in [-0.1, -0.05) is 6.07 Å². The maximum absolute atomic E-state index is 12.1. The van der Waals surface area contributed by atoms with Crippen molar-refractivity contribution in [2.45, 2.75) is 12.2 Å². The molecule has 104 valence electrons. The summed E-state index contributed by atoms with van der Waals surface area (Å²) >= 11 is 1.42. The molecular weight excluding hydrogens is 279 g/mol. The van der Waals surface area contributed by atoms with Gasteiger partial charge in [-0.2, -0.15) is 18.7 Å². The third-order valence-electron chi connectivity index (χ3n) is 2.38. The van der Waals surface area contributed by atoms with Crippen LogP contribution in [0.5, 0.6) is 0 Å². The van der Waals surface area contributed by atoms with E-state index in [2.05, 4.69) is 15.3 Å². The number of hydrogen-bond donors (Lipinski definition) is 1. The van der Waals surface area contributed by atoms with Crippen LogP contribution in [0.2, 0.25) is 0 Å². The van der Waals surface area contributed by atoms with Crippen LogP contribution >= 0.6 is 11.3 Å². The number of imidazole rings is 1. The van der Waals surface area contributed by atoms with E-state index in [1.54, 1.807) is 24.0 Å². The summed E-state index contributed by atoms with van der Waals surface area (Å²) in [7, 11) is 1.77. The largest absolute Gasteiger partial charge is 0.413 e. The number of hydroxylamine groups is 1. The Hall–Kier alpha value is -1.38.